The molecule has 0 bridgehead atoms. The van der Waals surface area contributed by atoms with Crippen LogP contribution in [0.25, 0.3) is 66.1 Å². The lowest BCUT2D eigenvalue weighted by Gasteiger charge is -2.34. The Morgan fingerprint density at radius 3 is 1.20 bits per heavy atom. The third kappa shape index (κ3) is 7.84. The number of fused-ring (bicyclic) bond motifs is 13. The predicted octanol–water partition coefficient (Wildman–Crippen LogP) is 21.2. The first kappa shape index (κ1) is 48.2. The molecular weight excluding hydrogens is 953 g/mol. The zero-order valence-electron chi connectivity index (χ0n) is 45.8. The molecule has 14 rings (SSSR count). The van der Waals surface area contributed by atoms with Gasteiger partial charge >= 0.3 is 0 Å². The normalized spacial score (nSPS) is 13.0. The van der Waals surface area contributed by atoms with Crippen LogP contribution in [0.15, 0.2) is 267 Å². The number of nitrogens with zero attached hydrogens (tertiary/aromatic N) is 2. The van der Waals surface area contributed by atoms with Gasteiger partial charge in [-0.05, 0) is 172 Å². The van der Waals surface area contributed by atoms with E-state index in [9.17, 15) is 0 Å². The summed E-state index contributed by atoms with van der Waals surface area (Å²) in [5.41, 5.74) is 23.8. The molecule has 0 atom stereocenters. The van der Waals surface area contributed by atoms with Crippen molar-refractivity contribution in [3.8, 4) is 44.5 Å². The number of benzene rings is 12. The molecule has 0 radical (unpaired) electrons. The van der Waals surface area contributed by atoms with Gasteiger partial charge in [0.15, 0.2) is 0 Å². The largest absolute Gasteiger partial charge is 0.310 e. The van der Waals surface area contributed by atoms with Crippen LogP contribution in [-0.4, -0.2) is 0 Å². The Hall–Kier alpha value is -9.24. The molecule has 0 saturated carbocycles. The van der Waals surface area contributed by atoms with Gasteiger partial charge in [0.2, 0.25) is 0 Å². The zero-order valence-corrected chi connectivity index (χ0v) is 45.8. The molecule has 380 valence electrons. The minimum Gasteiger partial charge on any atom is -0.310 e. The molecule has 79 heavy (non-hydrogen) atoms. The van der Waals surface area contributed by atoms with Crippen molar-refractivity contribution in [2.75, 3.05) is 9.80 Å². The molecule has 0 saturated heterocycles. The molecule has 2 aliphatic rings. The maximum absolute atomic E-state index is 2.58. The van der Waals surface area contributed by atoms with Gasteiger partial charge in [0.25, 0.3) is 0 Å². The highest BCUT2D eigenvalue weighted by Crippen LogP contribution is 2.66. The van der Waals surface area contributed by atoms with Gasteiger partial charge in [-0.15, -0.1) is 0 Å². The quantitative estimate of drug-likeness (QED) is 0.150. The van der Waals surface area contributed by atoms with E-state index in [2.05, 4.69) is 318 Å². The fraction of sp³-hybridized carbons (Fsp3) is 0.117. The summed E-state index contributed by atoms with van der Waals surface area (Å²) in [5, 5.41) is 4.86. The molecule has 0 aliphatic heterocycles. The van der Waals surface area contributed by atoms with Crippen LogP contribution < -0.4 is 9.80 Å². The molecule has 12 aromatic rings. The average Bonchev–Trinajstić information content (AvgIpc) is 2.01. The van der Waals surface area contributed by atoms with E-state index in [1.54, 1.807) is 0 Å². The maximum Gasteiger partial charge on any atom is 0.0731 e. The second-order valence-corrected chi connectivity index (χ2v) is 23.7. The number of hydrogen-bond donors (Lipinski definition) is 0. The van der Waals surface area contributed by atoms with Crippen LogP contribution in [0.1, 0.15) is 74.9 Å². The molecule has 0 N–H and O–H groups in total. The van der Waals surface area contributed by atoms with Crippen molar-refractivity contribution in [1.82, 2.24) is 0 Å². The van der Waals surface area contributed by atoms with Crippen LogP contribution in [0.5, 0.6) is 0 Å². The SMILES string of the molecule is CC(C)(C)c1ccc2c(c1)C1(c3cc(C(C)(C)C)ccc3-2)c2cc3cccc(N(c4ccccc4)c4cccc(-c5ccccc5)c4)c3cc2-c2ccc3c(N(c4ccccc4)c4cccc(-c5ccccc5)c4)cccc3c21. The second kappa shape index (κ2) is 18.5. The van der Waals surface area contributed by atoms with Crippen LogP contribution in [0.2, 0.25) is 0 Å². The van der Waals surface area contributed by atoms with Gasteiger partial charge in [0.1, 0.15) is 0 Å². The third-order valence-electron chi connectivity index (χ3n) is 16.9. The molecule has 1 spiro atoms. The third-order valence-corrected chi connectivity index (χ3v) is 16.9. The predicted molar refractivity (Wildman–Crippen MR) is 335 cm³/mol. The van der Waals surface area contributed by atoms with Gasteiger partial charge in [-0.25, -0.2) is 0 Å². The average molecular weight is 1020 g/mol. The Balaban J connectivity index is 1.08. The number of rotatable bonds is 8. The van der Waals surface area contributed by atoms with Crippen molar-refractivity contribution < 1.29 is 0 Å². The second-order valence-electron chi connectivity index (χ2n) is 23.7. The molecule has 2 heteroatoms. The van der Waals surface area contributed by atoms with Crippen molar-refractivity contribution in [2.24, 2.45) is 0 Å². The summed E-state index contributed by atoms with van der Waals surface area (Å²) in [6.45, 7) is 14.1. The number of anilines is 6. The summed E-state index contributed by atoms with van der Waals surface area (Å²) in [6, 6.07) is 100. The summed E-state index contributed by atoms with van der Waals surface area (Å²) in [7, 11) is 0. The van der Waals surface area contributed by atoms with E-state index in [1.165, 1.54) is 99.4 Å². The van der Waals surface area contributed by atoms with Gasteiger partial charge in [-0.3, -0.25) is 0 Å². The first-order valence-corrected chi connectivity index (χ1v) is 27.9. The minimum absolute atomic E-state index is 0.0841. The van der Waals surface area contributed by atoms with E-state index in [-0.39, 0.29) is 10.8 Å². The van der Waals surface area contributed by atoms with Gasteiger partial charge < -0.3 is 9.80 Å². The molecular formula is C77H62N2. The first-order valence-electron chi connectivity index (χ1n) is 27.9. The van der Waals surface area contributed by atoms with Crippen LogP contribution >= 0.6 is 0 Å². The molecule has 0 heterocycles. The fourth-order valence-electron chi connectivity index (χ4n) is 13.1. The lowest BCUT2D eigenvalue weighted by molar-refractivity contribution is 0.586. The van der Waals surface area contributed by atoms with Gasteiger partial charge in [-0.1, -0.05) is 236 Å². The van der Waals surface area contributed by atoms with E-state index in [0.717, 1.165) is 34.1 Å². The Kier molecular flexibility index (Phi) is 11.3. The van der Waals surface area contributed by atoms with E-state index < -0.39 is 5.41 Å². The Morgan fingerprint density at radius 1 is 0.278 bits per heavy atom. The Morgan fingerprint density at radius 2 is 0.696 bits per heavy atom. The number of hydrogen-bond acceptors (Lipinski definition) is 2. The van der Waals surface area contributed by atoms with Crippen LogP contribution in [0, 0.1) is 0 Å². The molecule has 2 nitrogen and oxygen atoms in total. The molecule has 0 fully saturated rings. The first-order chi connectivity index (χ1) is 38.4. The van der Waals surface area contributed by atoms with Crippen molar-refractivity contribution in [1.29, 1.82) is 0 Å². The minimum atomic E-state index is -0.659. The zero-order chi connectivity index (χ0) is 53.6. The summed E-state index contributed by atoms with van der Waals surface area (Å²) in [5.74, 6) is 0. The van der Waals surface area contributed by atoms with Crippen LogP contribution in [-0.2, 0) is 16.2 Å². The molecule has 0 amide bonds. The van der Waals surface area contributed by atoms with Crippen molar-refractivity contribution in [3.05, 3.63) is 300 Å². The Bertz CT molecular complexity index is 4250. The molecule has 0 unspecified atom stereocenters. The van der Waals surface area contributed by atoms with Crippen LogP contribution in [0.3, 0.4) is 0 Å². The summed E-state index contributed by atoms with van der Waals surface area (Å²) >= 11 is 0. The van der Waals surface area contributed by atoms with E-state index in [0.29, 0.717) is 0 Å². The Labute approximate surface area is 465 Å². The van der Waals surface area contributed by atoms with E-state index in [1.807, 2.05) is 0 Å². The summed E-state index contributed by atoms with van der Waals surface area (Å²) < 4.78 is 0. The van der Waals surface area contributed by atoms with E-state index >= 15 is 0 Å². The van der Waals surface area contributed by atoms with Crippen LogP contribution in [0.4, 0.5) is 34.1 Å². The van der Waals surface area contributed by atoms with Crippen molar-refractivity contribution in [2.45, 2.75) is 57.8 Å². The van der Waals surface area contributed by atoms with Crippen molar-refractivity contribution >= 4 is 55.7 Å². The number of para-hydroxylation sites is 2. The van der Waals surface area contributed by atoms with E-state index in [4.69, 9.17) is 0 Å². The maximum atomic E-state index is 2.58. The highest BCUT2D eigenvalue weighted by Gasteiger charge is 2.53. The standard InChI is InChI=1S/C77H62N2/c1-75(2,3)56-39-41-62-63-42-40-57(76(4,5)6)49-71(63)77(70(62)48-56)69-47-55-29-21-37-73(79(59-32-17-10-18-33-59)61-35-20-28-54(46-61)52-25-13-8-14-26-52)67(55)50-68(69)66-44-43-64-65(74(66)77)36-22-38-72(64)78(58-30-15-9-16-31-58)60-34-19-27-53(45-60)51-23-11-7-12-24-51/h7-50H,1-6H3. The molecule has 2 aliphatic carbocycles. The summed E-state index contributed by atoms with van der Waals surface area (Å²) in [4.78, 5) is 4.92. The summed E-state index contributed by atoms with van der Waals surface area (Å²) in [6.07, 6.45) is 0. The topological polar surface area (TPSA) is 6.48 Å². The lowest BCUT2D eigenvalue weighted by Crippen LogP contribution is -2.28. The highest BCUT2D eigenvalue weighted by molar-refractivity contribution is 6.12. The smallest absolute Gasteiger partial charge is 0.0731 e. The lowest BCUT2D eigenvalue weighted by atomic mass is 9.67. The molecule has 0 aromatic heterocycles. The molecule has 12 aromatic carbocycles. The fourth-order valence-corrected chi connectivity index (χ4v) is 13.1. The highest BCUT2D eigenvalue weighted by atomic mass is 15.1. The van der Waals surface area contributed by atoms with Gasteiger partial charge in [-0.2, -0.15) is 0 Å². The monoisotopic (exact) mass is 1010 g/mol. The van der Waals surface area contributed by atoms with Crippen molar-refractivity contribution in [3.63, 3.8) is 0 Å². The van der Waals surface area contributed by atoms with Gasteiger partial charge in [0, 0.05) is 33.5 Å². The van der Waals surface area contributed by atoms with Gasteiger partial charge in [0.05, 0.1) is 16.8 Å².